The van der Waals surface area contributed by atoms with Crippen molar-refractivity contribution in [3.63, 3.8) is 0 Å². The molecular formula is C14H15NO2. The molecule has 0 unspecified atom stereocenters. The Morgan fingerprint density at radius 2 is 2.00 bits per heavy atom. The number of anilines is 1. The van der Waals surface area contributed by atoms with Gasteiger partial charge in [-0.3, -0.25) is 4.90 Å². The molecule has 1 aromatic carbocycles. The van der Waals surface area contributed by atoms with Crippen LogP contribution in [0.3, 0.4) is 0 Å². The van der Waals surface area contributed by atoms with Crippen molar-refractivity contribution < 1.29 is 9.53 Å². The van der Waals surface area contributed by atoms with Gasteiger partial charge in [-0.2, -0.15) is 0 Å². The summed E-state index contributed by atoms with van der Waals surface area (Å²) < 4.78 is 5.21. The number of amides is 1. The normalized spacial score (nSPS) is 13.5. The van der Waals surface area contributed by atoms with E-state index in [1.165, 1.54) is 4.90 Å². The Hall–Kier alpha value is -2.03. The van der Waals surface area contributed by atoms with Crippen molar-refractivity contribution in [1.82, 2.24) is 0 Å². The summed E-state index contributed by atoms with van der Waals surface area (Å²) >= 11 is 0. The van der Waals surface area contributed by atoms with E-state index in [9.17, 15) is 4.79 Å². The van der Waals surface area contributed by atoms with Gasteiger partial charge >= 0.3 is 6.09 Å². The van der Waals surface area contributed by atoms with Crippen LogP contribution in [0.15, 0.2) is 42.6 Å². The van der Waals surface area contributed by atoms with E-state index in [1.807, 2.05) is 56.3 Å². The highest BCUT2D eigenvalue weighted by Gasteiger charge is 2.18. The van der Waals surface area contributed by atoms with Gasteiger partial charge in [0.2, 0.25) is 0 Å². The fourth-order valence-electron chi connectivity index (χ4n) is 1.64. The largest absolute Gasteiger partial charge is 0.446 e. The van der Waals surface area contributed by atoms with E-state index in [-0.39, 0.29) is 12.2 Å². The van der Waals surface area contributed by atoms with Gasteiger partial charge in [0.05, 0.1) is 11.8 Å². The fourth-order valence-corrected chi connectivity index (χ4v) is 1.64. The van der Waals surface area contributed by atoms with Crippen LogP contribution in [0.4, 0.5) is 10.5 Å². The van der Waals surface area contributed by atoms with Crippen molar-refractivity contribution in [1.29, 1.82) is 0 Å². The van der Waals surface area contributed by atoms with Gasteiger partial charge < -0.3 is 4.74 Å². The summed E-state index contributed by atoms with van der Waals surface area (Å²) in [6.07, 6.45) is 6.93. The molecule has 0 aromatic heterocycles. The first-order chi connectivity index (χ1) is 8.18. The van der Waals surface area contributed by atoms with Gasteiger partial charge in [-0.1, -0.05) is 30.4 Å². The summed E-state index contributed by atoms with van der Waals surface area (Å²) in [5.74, 6) is 0. The second kappa shape index (κ2) is 4.87. The fraction of sp³-hybridized carbons (Fsp3) is 0.214. The van der Waals surface area contributed by atoms with E-state index < -0.39 is 0 Å². The van der Waals surface area contributed by atoms with Crippen LogP contribution in [-0.4, -0.2) is 12.2 Å². The molecule has 3 heteroatoms. The highest BCUT2D eigenvalue weighted by atomic mass is 16.6. The molecule has 1 amide bonds. The van der Waals surface area contributed by atoms with Crippen LogP contribution in [0.2, 0.25) is 0 Å². The summed E-state index contributed by atoms with van der Waals surface area (Å²) in [6.45, 7) is 3.67. The van der Waals surface area contributed by atoms with Crippen molar-refractivity contribution >= 4 is 17.9 Å². The Labute approximate surface area is 101 Å². The van der Waals surface area contributed by atoms with Crippen molar-refractivity contribution in [3.8, 4) is 0 Å². The number of nitrogens with zero attached hydrogens (tertiary/aromatic N) is 1. The lowest BCUT2D eigenvalue weighted by Gasteiger charge is -2.20. The molecule has 17 heavy (non-hydrogen) atoms. The highest BCUT2D eigenvalue weighted by molar-refractivity contribution is 5.93. The standard InChI is InChI=1S/C14H15NO2/c1-11(2)17-14(16)15-10-6-5-8-12-7-3-4-9-13(12)15/h3-11H,1-2H3. The predicted molar refractivity (Wildman–Crippen MR) is 68.7 cm³/mol. The van der Waals surface area contributed by atoms with Crippen molar-refractivity contribution in [3.05, 3.63) is 48.2 Å². The topological polar surface area (TPSA) is 29.5 Å². The summed E-state index contributed by atoms with van der Waals surface area (Å²) in [5, 5.41) is 0. The zero-order chi connectivity index (χ0) is 12.3. The number of rotatable bonds is 1. The molecule has 88 valence electrons. The van der Waals surface area contributed by atoms with E-state index >= 15 is 0 Å². The predicted octanol–water partition coefficient (Wildman–Crippen LogP) is 3.58. The maximum absolute atomic E-state index is 11.9. The lowest BCUT2D eigenvalue weighted by Crippen LogP contribution is -2.28. The Kier molecular flexibility index (Phi) is 3.28. The zero-order valence-electron chi connectivity index (χ0n) is 9.96. The van der Waals surface area contributed by atoms with Crippen LogP contribution in [0.1, 0.15) is 19.4 Å². The molecule has 0 N–H and O–H groups in total. The number of para-hydroxylation sites is 1. The first kappa shape index (κ1) is 11.5. The molecular weight excluding hydrogens is 214 g/mol. The SMILES string of the molecule is CC(C)OC(=O)N1C=CC=Cc2ccccc21. The summed E-state index contributed by atoms with van der Waals surface area (Å²) in [4.78, 5) is 13.5. The van der Waals surface area contributed by atoms with Gasteiger partial charge in [-0.25, -0.2) is 4.79 Å². The third-order valence-electron chi connectivity index (χ3n) is 2.35. The first-order valence-corrected chi connectivity index (χ1v) is 5.62. The Morgan fingerprint density at radius 3 is 2.76 bits per heavy atom. The van der Waals surface area contributed by atoms with E-state index in [1.54, 1.807) is 6.20 Å². The number of carbonyl (C=O) groups is 1. The van der Waals surface area contributed by atoms with Gasteiger partial charge in [0.1, 0.15) is 0 Å². The van der Waals surface area contributed by atoms with Crippen LogP contribution in [0, 0.1) is 0 Å². The Morgan fingerprint density at radius 1 is 1.24 bits per heavy atom. The second-order valence-corrected chi connectivity index (χ2v) is 4.06. The molecule has 1 aliphatic heterocycles. The number of fused-ring (bicyclic) bond motifs is 1. The molecule has 1 aliphatic rings. The molecule has 0 saturated heterocycles. The van der Waals surface area contributed by atoms with Gasteiger partial charge in [-0.05, 0) is 31.6 Å². The number of ether oxygens (including phenoxy) is 1. The first-order valence-electron chi connectivity index (χ1n) is 5.62. The molecule has 1 heterocycles. The maximum Gasteiger partial charge on any atom is 0.418 e. The molecule has 0 saturated carbocycles. The minimum Gasteiger partial charge on any atom is -0.446 e. The smallest absolute Gasteiger partial charge is 0.418 e. The van der Waals surface area contributed by atoms with Gasteiger partial charge in [0.15, 0.2) is 0 Å². The minimum absolute atomic E-state index is 0.126. The summed E-state index contributed by atoms with van der Waals surface area (Å²) in [6, 6.07) is 7.72. The molecule has 0 atom stereocenters. The number of hydrogen-bond acceptors (Lipinski definition) is 2. The highest BCUT2D eigenvalue weighted by Crippen LogP contribution is 2.25. The van der Waals surface area contributed by atoms with E-state index in [0.717, 1.165) is 11.3 Å². The van der Waals surface area contributed by atoms with Crippen LogP contribution in [0.25, 0.3) is 6.08 Å². The third kappa shape index (κ3) is 2.56. The van der Waals surface area contributed by atoms with Crippen molar-refractivity contribution in [2.24, 2.45) is 0 Å². The van der Waals surface area contributed by atoms with E-state index in [0.29, 0.717) is 0 Å². The second-order valence-electron chi connectivity index (χ2n) is 4.06. The van der Waals surface area contributed by atoms with E-state index in [4.69, 9.17) is 4.74 Å². The molecule has 0 spiro atoms. The molecule has 0 radical (unpaired) electrons. The van der Waals surface area contributed by atoms with Gasteiger partial charge in [0.25, 0.3) is 0 Å². The molecule has 3 nitrogen and oxygen atoms in total. The molecule has 2 rings (SSSR count). The van der Waals surface area contributed by atoms with Crippen LogP contribution >= 0.6 is 0 Å². The Bertz CT molecular complexity index is 475. The monoisotopic (exact) mass is 229 g/mol. The number of hydrogen-bond donors (Lipinski definition) is 0. The third-order valence-corrected chi connectivity index (χ3v) is 2.35. The molecule has 0 bridgehead atoms. The summed E-state index contributed by atoms with van der Waals surface area (Å²) in [7, 11) is 0. The quantitative estimate of drug-likeness (QED) is 0.736. The summed E-state index contributed by atoms with van der Waals surface area (Å²) in [5.41, 5.74) is 1.83. The van der Waals surface area contributed by atoms with Gasteiger partial charge in [0, 0.05) is 6.20 Å². The van der Waals surface area contributed by atoms with Crippen molar-refractivity contribution in [2.75, 3.05) is 4.90 Å². The van der Waals surface area contributed by atoms with Crippen LogP contribution in [0.5, 0.6) is 0 Å². The lowest BCUT2D eigenvalue weighted by atomic mass is 10.1. The number of benzene rings is 1. The lowest BCUT2D eigenvalue weighted by molar-refractivity contribution is 0.125. The number of carbonyl (C=O) groups excluding carboxylic acids is 1. The zero-order valence-corrected chi connectivity index (χ0v) is 9.96. The van der Waals surface area contributed by atoms with Crippen LogP contribution in [-0.2, 0) is 4.74 Å². The number of allylic oxidation sites excluding steroid dienone is 2. The molecule has 0 fully saturated rings. The average Bonchev–Trinajstić information content (AvgIpc) is 2.50. The molecule has 0 aliphatic carbocycles. The Balaban J connectivity index is 2.33. The molecule has 1 aromatic rings. The maximum atomic E-state index is 11.9. The minimum atomic E-state index is -0.354. The average molecular weight is 229 g/mol. The van der Waals surface area contributed by atoms with E-state index in [2.05, 4.69) is 0 Å². The van der Waals surface area contributed by atoms with Gasteiger partial charge in [-0.15, -0.1) is 0 Å². The van der Waals surface area contributed by atoms with Crippen LogP contribution < -0.4 is 4.90 Å². The van der Waals surface area contributed by atoms with Crippen molar-refractivity contribution in [2.45, 2.75) is 20.0 Å².